The van der Waals surface area contributed by atoms with Gasteiger partial charge in [-0.1, -0.05) is 27.7 Å². The lowest BCUT2D eigenvalue weighted by molar-refractivity contribution is 0.187. The summed E-state index contributed by atoms with van der Waals surface area (Å²) in [6, 6.07) is 0. The largest absolute Gasteiger partial charge is 0.0648 e. The minimum Gasteiger partial charge on any atom is -0.0648 e. The molecule has 0 saturated heterocycles. The van der Waals surface area contributed by atoms with Crippen molar-refractivity contribution in [1.82, 2.24) is 0 Å². The molecule has 2 aliphatic rings. The van der Waals surface area contributed by atoms with Gasteiger partial charge in [-0.15, -0.1) is 0 Å². The number of fused-ring (bicyclic) bond motifs is 1. The Kier molecular flexibility index (Phi) is 0.964. The molecule has 10 heavy (non-hydrogen) atoms. The van der Waals surface area contributed by atoms with Crippen LogP contribution in [0, 0.1) is 22.7 Å². The predicted molar refractivity (Wildman–Crippen MR) is 43.8 cm³/mol. The topological polar surface area (TPSA) is 0 Å². The second-order valence-electron chi connectivity index (χ2n) is 4.74. The average Bonchev–Trinajstić information content (AvgIpc) is 2.33. The fourth-order valence-electron chi connectivity index (χ4n) is 3.50. The van der Waals surface area contributed by atoms with Crippen molar-refractivity contribution in [2.24, 2.45) is 22.7 Å². The summed E-state index contributed by atoms with van der Waals surface area (Å²) in [5.74, 6) is 2.09. The van der Waals surface area contributed by atoms with Crippen molar-refractivity contribution in [1.29, 1.82) is 0 Å². The van der Waals surface area contributed by atoms with Crippen LogP contribution < -0.4 is 0 Å². The van der Waals surface area contributed by atoms with Gasteiger partial charge in [-0.2, -0.15) is 0 Å². The summed E-state index contributed by atoms with van der Waals surface area (Å²) >= 11 is 0. The van der Waals surface area contributed by atoms with E-state index in [1.54, 1.807) is 0 Å². The minimum absolute atomic E-state index is 0.729. The molecule has 2 aliphatic carbocycles. The fraction of sp³-hybridized carbons (Fsp3) is 1.00. The zero-order valence-corrected chi connectivity index (χ0v) is 7.57. The number of rotatable bonds is 1. The summed E-state index contributed by atoms with van der Waals surface area (Å²) in [4.78, 5) is 0. The highest BCUT2D eigenvalue weighted by Gasteiger charge is 2.77. The highest BCUT2D eigenvalue weighted by atomic mass is 14.8. The van der Waals surface area contributed by atoms with Crippen molar-refractivity contribution in [2.45, 2.75) is 40.5 Å². The van der Waals surface area contributed by atoms with E-state index in [1.807, 2.05) is 0 Å². The van der Waals surface area contributed by atoms with Gasteiger partial charge >= 0.3 is 0 Å². The smallest absolute Gasteiger partial charge is 0.0210 e. The van der Waals surface area contributed by atoms with Crippen LogP contribution in [0.25, 0.3) is 0 Å². The Hall–Kier alpha value is 0. The average molecular weight is 138 g/mol. The Bertz CT molecular complexity index is 165. The van der Waals surface area contributed by atoms with Crippen LogP contribution in [0.15, 0.2) is 0 Å². The zero-order valence-electron chi connectivity index (χ0n) is 7.57. The molecule has 0 heteroatoms. The molecule has 2 fully saturated rings. The van der Waals surface area contributed by atoms with E-state index >= 15 is 0 Å². The maximum atomic E-state index is 2.48. The van der Waals surface area contributed by atoms with E-state index in [2.05, 4.69) is 27.7 Å². The molecular formula is C10H18. The van der Waals surface area contributed by atoms with Crippen molar-refractivity contribution >= 4 is 0 Å². The van der Waals surface area contributed by atoms with Crippen molar-refractivity contribution in [3.8, 4) is 0 Å². The fourth-order valence-corrected chi connectivity index (χ4v) is 3.50. The van der Waals surface area contributed by atoms with Crippen molar-refractivity contribution in [2.75, 3.05) is 0 Å². The summed E-state index contributed by atoms with van der Waals surface area (Å²) in [6.45, 7) is 9.71. The van der Waals surface area contributed by atoms with Crippen LogP contribution in [0.2, 0.25) is 0 Å². The Morgan fingerprint density at radius 1 is 1.40 bits per heavy atom. The van der Waals surface area contributed by atoms with E-state index in [9.17, 15) is 0 Å². The molecule has 0 aromatic rings. The molecule has 0 N–H and O–H groups in total. The van der Waals surface area contributed by atoms with Crippen LogP contribution in [-0.2, 0) is 0 Å². The maximum Gasteiger partial charge on any atom is -0.0210 e. The van der Waals surface area contributed by atoms with Gasteiger partial charge in [0, 0.05) is 0 Å². The molecule has 0 radical (unpaired) electrons. The van der Waals surface area contributed by atoms with E-state index in [0.29, 0.717) is 0 Å². The molecule has 4 unspecified atom stereocenters. The van der Waals surface area contributed by atoms with Crippen LogP contribution in [0.5, 0.6) is 0 Å². The van der Waals surface area contributed by atoms with Gasteiger partial charge in [0.25, 0.3) is 0 Å². The monoisotopic (exact) mass is 138 g/mol. The second-order valence-corrected chi connectivity index (χ2v) is 4.74. The molecule has 4 atom stereocenters. The van der Waals surface area contributed by atoms with E-state index in [4.69, 9.17) is 0 Å². The Morgan fingerprint density at radius 3 is 2.10 bits per heavy atom. The van der Waals surface area contributed by atoms with Gasteiger partial charge in [0.15, 0.2) is 0 Å². The predicted octanol–water partition coefficient (Wildman–Crippen LogP) is 3.08. The first-order chi connectivity index (χ1) is 4.57. The van der Waals surface area contributed by atoms with Crippen molar-refractivity contribution < 1.29 is 0 Å². The Balaban J connectivity index is 2.21. The van der Waals surface area contributed by atoms with E-state index in [0.717, 1.165) is 22.7 Å². The molecule has 58 valence electrons. The molecule has 0 heterocycles. The van der Waals surface area contributed by atoms with Crippen molar-refractivity contribution in [3.63, 3.8) is 0 Å². The zero-order chi connectivity index (χ0) is 7.57. The highest BCUT2D eigenvalue weighted by molar-refractivity contribution is 5.25. The van der Waals surface area contributed by atoms with Gasteiger partial charge in [0.1, 0.15) is 0 Å². The SMILES string of the molecule is CCC1(C)C2CC(C)C21C. The van der Waals surface area contributed by atoms with E-state index < -0.39 is 0 Å². The molecule has 2 rings (SSSR count). The second kappa shape index (κ2) is 1.44. The summed E-state index contributed by atoms with van der Waals surface area (Å²) < 4.78 is 0. The summed E-state index contributed by atoms with van der Waals surface area (Å²) in [5.41, 5.74) is 1.48. The quantitative estimate of drug-likeness (QED) is 0.522. The molecule has 2 saturated carbocycles. The standard InChI is InChI=1S/C10H18/c1-5-9(3)8-6-7(2)10(8,9)4/h7-8H,5-6H2,1-4H3. The van der Waals surface area contributed by atoms with E-state index in [-0.39, 0.29) is 0 Å². The lowest BCUT2D eigenvalue weighted by Crippen LogP contribution is -2.23. The molecule has 0 bridgehead atoms. The minimum atomic E-state index is 0.729. The van der Waals surface area contributed by atoms with Gasteiger partial charge in [-0.05, 0) is 35.5 Å². The molecule has 0 aromatic carbocycles. The van der Waals surface area contributed by atoms with Crippen LogP contribution in [0.4, 0.5) is 0 Å². The van der Waals surface area contributed by atoms with Crippen LogP contribution in [-0.4, -0.2) is 0 Å². The maximum absolute atomic E-state index is 2.48. The summed E-state index contributed by atoms with van der Waals surface area (Å²) in [6.07, 6.45) is 2.89. The Morgan fingerprint density at radius 2 is 2.00 bits per heavy atom. The molecule has 0 spiro atoms. The number of hydrogen-bond donors (Lipinski definition) is 0. The molecule has 0 nitrogen and oxygen atoms in total. The van der Waals surface area contributed by atoms with Crippen LogP contribution in [0.1, 0.15) is 40.5 Å². The molecule has 0 aromatic heterocycles. The lowest BCUT2D eigenvalue weighted by atomic mass is 9.75. The van der Waals surface area contributed by atoms with Gasteiger partial charge in [-0.25, -0.2) is 0 Å². The first-order valence-electron chi connectivity index (χ1n) is 4.57. The van der Waals surface area contributed by atoms with Crippen LogP contribution in [0.3, 0.4) is 0 Å². The van der Waals surface area contributed by atoms with Crippen LogP contribution >= 0.6 is 0 Å². The van der Waals surface area contributed by atoms with Gasteiger partial charge < -0.3 is 0 Å². The molecule has 0 amide bonds. The lowest BCUT2D eigenvalue weighted by Gasteiger charge is -2.30. The van der Waals surface area contributed by atoms with Gasteiger partial charge in [0.2, 0.25) is 0 Å². The van der Waals surface area contributed by atoms with Gasteiger partial charge in [0.05, 0.1) is 0 Å². The third-order valence-electron chi connectivity index (χ3n) is 4.99. The van der Waals surface area contributed by atoms with E-state index in [1.165, 1.54) is 12.8 Å². The Labute approximate surface area is 64.0 Å². The first-order valence-corrected chi connectivity index (χ1v) is 4.57. The third kappa shape index (κ3) is 0.383. The van der Waals surface area contributed by atoms with Gasteiger partial charge in [-0.3, -0.25) is 0 Å². The molecule has 0 aliphatic heterocycles. The normalized spacial score (nSPS) is 64.8. The summed E-state index contributed by atoms with van der Waals surface area (Å²) in [7, 11) is 0. The molecular weight excluding hydrogens is 120 g/mol. The third-order valence-corrected chi connectivity index (χ3v) is 4.99. The summed E-state index contributed by atoms with van der Waals surface area (Å²) in [5, 5.41) is 0. The van der Waals surface area contributed by atoms with Crippen molar-refractivity contribution in [3.05, 3.63) is 0 Å². The first kappa shape index (κ1) is 6.69. The number of hydrogen-bond acceptors (Lipinski definition) is 0. The highest BCUT2D eigenvalue weighted by Crippen LogP contribution is 2.83.